The number of nitrogens with two attached hydrogens (primary N) is 1. The molecule has 0 saturated heterocycles. The molecule has 0 aliphatic heterocycles. The zero-order valence-electron chi connectivity index (χ0n) is 15.0. The minimum atomic E-state index is 0.347. The summed E-state index contributed by atoms with van der Waals surface area (Å²) in [5.74, 6) is 1.75. The Morgan fingerprint density at radius 1 is 1.12 bits per heavy atom. The molecule has 0 aromatic heterocycles. The number of ether oxygens (including phenoxy) is 2. The smallest absolute Gasteiger partial charge is 0.193 e. The summed E-state index contributed by atoms with van der Waals surface area (Å²) in [6.45, 7) is 2.30. The minimum Gasteiger partial charge on any atom is -0.497 e. The largest absolute Gasteiger partial charge is 0.497 e. The lowest BCUT2D eigenvalue weighted by molar-refractivity contribution is 0.336. The van der Waals surface area contributed by atoms with E-state index in [1.54, 1.807) is 14.2 Å². The Morgan fingerprint density at radius 2 is 1.88 bits per heavy atom. The number of guanidine groups is 1. The average molecular weight is 342 g/mol. The van der Waals surface area contributed by atoms with Crippen LogP contribution >= 0.6 is 0 Å². The summed E-state index contributed by atoms with van der Waals surface area (Å²) < 4.78 is 10.5. The molecule has 6 nitrogen and oxygen atoms in total. The van der Waals surface area contributed by atoms with Crippen LogP contribution in [0.2, 0.25) is 0 Å². The fourth-order valence-corrected chi connectivity index (χ4v) is 2.40. The van der Waals surface area contributed by atoms with Crippen LogP contribution in [0.4, 0.5) is 5.69 Å². The normalized spacial score (nSPS) is 11.4. The molecule has 134 valence electrons. The van der Waals surface area contributed by atoms with Gasteiger partial charge in [-0.1, -0.05) is 30.3 Å². The molecule has 0 spiro atoms. The van der Waals surface area contributed by atoms with Crippen LogP contribution in [0.5, 0.6) is 11.5 Å². The number of hydrogen-bond acceptors (Lipinski definition) is 4. The van der Waals surface area contributed by atoms with Gasteiger partial charge in [0.05, 0.1) is 26.5 Å². The van der Waals surface area contributed by atoms with Gasteiger partial charge in [0.2, 0.25) is 0 Å². The van der Waals surface area contributed by atoms with Crippen molar-refractivity contribution in [3.63, 3.8) is 0 Å². The first kappa shape index (κ1) is 18.6. The van der Waals surface area contributed by atoms with Gasteiger partial charge in [0.1, 0.15) is 11.5 Å². The Balaban J connectivity index is 1.87. The maximum absolute atomic E-state index is 5.98. The second kappa shape index (κ2) is 9.54. The molecule has 0 aliphatic carbocycles. The molecule has 2 aromatic rings. The van der Waals surface area contributed by atoms with E-state index >= 15 is 0 Å². The third-order valence-corrected chi connectivity index (χ3v) is 3.73. The highest BCUT2D eigenvalue weighted by atomic mass is 16.5. The number of nitrogens with one attached hydrogen (secondary N) is 1. The van der Waals surface area contributed by atoms with E-state index in [1.807, 2.05) is 36.4 Å². The SMILES string of the molecule is COc1ccc(OC)c(NC(N)=NCCN(C)Cc2ccccc2)c1. The molecule has 0 bridgehead atoms. The molecule has 0 atom stereocenters. The molecule has 2 aromatic carbocycles. The Kier molecular flexibility index (Phi) is 7.10. The average Bonchev–Trinajstić information content (AvgIpc) is 2.62. The Morgan fingerprint density at radius 3 is 2.56 bits per heavy atom. The fraction of sp³-hybridized carbons (Fsp3) is 0.316. The van der Waals surface area contributed by atoms with E-state index in [2.05, 4.69) is 34.4 Å². The molecule has 0 aliphatic rings. The van der Waals surface area contributed by atoms with Crippen LogP contribution in [0, 0.1) is 0 Å². The zero-order chi connectivity index (χ0) is 18.1. The molecule has 0 radical (unpaired) electrons. The van der Waals surface area contributed by atoms with Crippen LogP contribution in [0.25, 0.3) is 0 Å². The Bertz CT molecular complexity index is 689. The van der Waals surface area contributed by atoms with Gasteiger partial charge >= 0.3 is 0 Å². The van der Waals surface area contributed by atoms with E-state index < -0.39 is 0 Å². The second-order valence-corrected chi connectivity index (χ2v) is 5.68. The summed E-state index contributed by atoms with van der Waals surface area (Å²) in [5, 5.41) is 3.06. The molecule has 0 saturated carbocycles. The van der Waals surface area contributed by atoms with Crippen molar-refractivity contribution in [3.8, 4) is 11.5 Å². The third kappa shape index (κ3) is 6.00. The number of methoxy groups -OCH3 is 2. The fourth-order valence-electron chi connectivity index (χ4n) is 2.40. The number of nitrogens with zero attached hydrogens (tertiary/aromatic N) is 2. The molecule has 6 heteroatoms. The van der Waals surface area contributed by atoms with Crippen LogP contribution in [0.3, 0.4) is 0 Å². The maximum Gasteiger partial charge on any atom is 0.193 e. The summed E-state index contributed by atoms with van der Waals surface area (Å²) in [6.07, 6.45) is 0. The molecule has 0 unspecified atom stereocenters. The molecular formula is C19H26N4O2. The van der Waals surface area contributed by atoms with Crippen LogP contribution in [0.15, 0.2) is 53.5 Å². The lowest BCUT2D eigenvalue weighted by Gasteiger charge is -2.16. The highest BCUT2D eigenvalue weighted by Crippen LogP contribution is 2.28. The molecule has 25 heavy (non-hydrogen) atoms. The summed E-state index contributed by atoms with van der Waals surface area (Å²) in [5.41, 5.74) is 7.99. The van der Waals surface area contributed by atoms with Crippen molar-refractivity contribution in [1.82, 2.24) is 4.90 Å². The van der Waals surface area contributed by atoms with Crippen molar-refractivity contribution < 1.29 is 9.47 Å². The van der Waals surface area contributed by atoms with Gasteiger partial charge in [-0.15, -0.1) is 0 Å². The van der Waals surface area contributed by atoms with Gasteiger partial charge in [-0.25, -0.2) is 0 Å². The monoisotopic (exact) mass is 342 g/mol. The summed E-state index contributed by atoms with van der Waals surface area (Å²) in [6, 6.07) is 15.8. The number of hydrogen-bond donors (Lipinski definition) is 2. The summed E-state index contributed by atoms with van der Waals surface area (Å²) in [4.78, 5) is 6.58. The second-order valence-electron chi connectivity index (χ2n) is 5.68. The topological polar surface area (TPSA) is 72.1 Å². The molecule has 2 rings (SSSR count). The van der Waals surface area contributed by atoms with Crippen molar-refractivity contribution in [2.75, 3.05) is 39.7 Å². The van der Waals surface area contributed by atoms with Crippen LogP contribution < -0.4 is 20.5 Å². The first-order valence-electron chi connectivity index (χ1n) is 8.14. The highest BCUT2D eigenvalue weighted by molar-refractivity contribution is 5.94. The number of rotatable bonds is 8. The Labute approximate surface area is 149 Å². The Hall–Kier alpha value is -2.73. The predicted molar refractivity (Wildman–Crippen MR) is 102 cm³/mol. The van der Waals surface area contributed by atoms with Gasteiger partial charge in [0.25, 0.3) is 0 Å². The summed E-state index contributed by atoms with van der Waals surface area (Å²) >= 11 is 0. The van der Waals surface area contributed by atoms with Crippen molar-refractivity contribution in [3.05, 3.63) is 54.1 Å². The van der Waals surface area contributed by atoms with Crippen molar-refractivity contribution in [2.45, 2.75) is 6.54 Å². The van der Waals surface area contributed by atoms with Crippen molar-refractivity contribution >= 4 is 11.6 Å². The van der Waals surface area contributed by atoms with Crippen molar-refractivity contribution in [2.24, 2.45) is 10.7 Å². The third-order valence-electron chi connectivity index (χ3n) is 3.73. The molecule has 0 heterocycles. The first-order chi connectivity index (χ1) is 12.1. The summed E-state index contributed by atoms with van der Waals surface area (Å²) in [7, 11) is 5.29. The van der Waals surface area contributed by atoms with Gasteiger partial charge in [-0.3, -0.25) is 4.99 Å². The van der Waals surface area contributed by atoms with E-state index in [1.165, 1.54) is 5.56 Å². The van der Waals surface area contributed by atoms with Crippen LogP contribution in [-0.4, -0.2) is 45.2 Å². The quantitative estimate of drug-likeness (QED) is 0.570. The van der Waals surface area contributed by atoms with E-state index in [0.717, 1.165) is 24.5 Å². The van der Waals surface area contributed by atoms with Gasteiger partial charge in [-0.2, -0.15) is 0 Å². The molecule has 3 N–H and O–H groups in total. The van der Waals surface area contributed by atoms with Gasteiger partial charge < -0.3 is 25.4 Å². The zero-order valence-corrected chi connectivity index (χ0v) is 15.0. The van der Waals surface area contributed by atoms with E-state index in [4.69, 9.17) is 15.2 Å². The standard InChI is InChI=1S/C19H26N4O2/c1-23(14-15-7-5-4-6-8-15)12-11-21-19(20)22-17-13-16(24-2)9-10-18(17)25-3/h4-10,13H,11-12,14H2,1-3H3,(H3,20,21,22). The first-order valence-corrected chi connectivity index (χ1v) is 8.14. The predicted octanol–water partition coefficient (Wildman–Crippen LogP) is 2.56. The van der Waals surface area contributed by atoms with Crippen LogP contribution in [-0.2, 0) is 6.54 Å². The van der Waals surface area contributed by atoms with Crippen molar-refractivity contribution in [1.29, 1.82) is 0 Å². The number of aliphatic imine (C=N–C) groups is 1. The number of anilines is 1. The number of likely N-dealkylation sites (N-methyl/N-ethyl adjacent to an activating group) is 1. The molecule has 0 amide bonds. The molecular weight excluding hydrogens is 316 g/mol. The minimum absolute atomic E-state index is 0.347. The van der Waals surface area contributed by atoms with E-state index in [0.29, 0.717) is 18.3 Å². The van der Waals surface area contributed by atoms with Gasteiger partial charge in [0, 0.05) is 19.2 Å². The number of benzene rings is 2. The lowest BCUT2D eigenvalue weighted by atomic mass is 10.2. The lowest BCUT2D eigenvalue weighted by Crippen LogP contribution is -2.26. The highest BCUT2D eigenvalue weighted by Gasteiger charge is 2.06. The van der Waals surface area contributed by atoms with Gasteiger partial charge in [0.15, 0.2) is 5.96 Å². The van der Waals surface area contributed by atoms with Gasteiger partial charge in [-0.05, 0) is 24.7 Å². The van der Waals surface area contributed by atoms with Crippen LogP contribution in [0.1, 0.15) is 5.56 Å². The maximum atomic E-state index is 5.98. The van der Waals surface area contributed by atoms with E-state index in [-0.39, 0.29) is 0 Å². The molecule has 0 fully saturated rings. The van der Waals surface area contributed by atoms with E-state index in [9.17, 15) is 0 Å².